The van der Waals surface area contributed by atoms with E-state index in [2.05, 4.69) is 30.4 Å². The maximum atomic E-state index is 6.05. The molecule has 2 unspecified atom stereocenters. The van der Waals surface area contributed by atoms with Crippen molar-refractivity contribution in [2.24, 2.45) is 5.73 Å². The Morgan fingerprint density at radius 1 is 1.39 bits per heavy atom. The average molecular weight is 248 g/mol. The van der Waals surface area contributed by atoms with Crippen LogP contribution in [0.5, 0.6) is 5.75 Å². The van der Waals surface area contributed by atoms with Gasteiger partial charge in [0.1, 0.15) is 5.75 Å². The van der Waals surface area contributed by atoms with Crippen molar-refractivity contribution >= 4 is 0 Å². The molecule has 1 aliphatic rings. The Bertz CT molecular complexity index is 392. The zero-order valence-electron chi connectivity index (χ0n) is 11.4. The summed E-state index contributed by atoms with van der Waals surface area (Å²) in [6, 6.07) is 7.19. The second-order valence-electron chi connectivity index (χ2n) is 5.12. The average Bonchev–Trinajstić information content (AvgIpc) is 2.76. The van der Waals surface area contributed by atoms with Crippen molar-refractivity contribution in [3.05, 3.63) is 29.3 Å². The fourth-order valence-corrected chi connectivity index (χ4v) is 2.63. The molecule has 1 saturated carbocycles. The van der Waals surface area contributed by atoms with Gasteiger partial charge >= 0.3 is 0 Å². The normalized spacial score (nSPS) is 23.3. The van der Waals surface area contributed by atoms with Crippen LogP contribution in [-0.4, -0.2) is 18.7 Å². The number of nitrogens with one attached hydrogen (secondary N) is 1. The number of hydrogen-bond acceptors (Lipinski definition) is 3. The lowest BCUT2D eigenvalue weighted by atomic mass is 10.1. The number of aryl methyl sites for hydroxylation is 1. The van der Waals surface area contributed by atoms with Crippen LogP contribution >= 0.6 is 0 Å². The molecule has 1 aromatic rings. The van der Waals surface area contributed by atoms with Crippen molar-refractivity contribution in [2.75, 3.05) is 6.61 Å². The number of hydrogen-bond donors (Lipinski definition) is 2. The first-order valence-electron chi connectivity index (χ1n) is 6.92. The summed E-state index contributed by atoms with van der Waals surface area (Å²) >= 11 is 0. The molecule has 3 N–H and O–H groups in total. The van der Waals surface area contributed by atoms with Crippen LogP contribution in [0.15, 0.2) is 18.2 Å². The molecule has 1 aliphatic carbocycles. The van der Waals surface area contributed by atoms with Gasteiger partial charge in [-0.25, -0.2) is 0 Å². The van der Waals surface area contributed by atoms with E-state index in [0.29, 0.717) is 12.1 Å². The van der Waals surface area contributed by atoms with Gasteiger partial charge in [0.05, 0.1) is 6.61 Å². The van der Waals surface area contributed by atoms with Crippen LogP contribution < -0.4 is 15.8 Å². The van der Waals surface area contributed by atoms with Crippen LogP contribution in [-0.2, 0) is 6.54 Å². The van der Waals surface area contributed by atoms with Gasteiger partial charge in [0.25, 0.3) is 0 Å². The van der Waals surface area contributed by atoms with E-state index in [1.807, 2.05) is 6.92 Å². The lowest BCUT2D eigenvalue weighted by Crippen LogP contribution is -2.40. The fourth-order valence-electron chi connectivity index (χ4n) is 2.63. The smallest absolute Gasteiger partial charge is 0.122 e. The third-order valence-electron chi connectivity index (χ3n) is 3.68. The second kappa shape index (κ2) is 6.21. The second-order valence-corrected chi connectivity index (χ2v) is 5.12. The molecule has 0 heterocycles. The molecule has 0 aromatic heterocycles. The molecule has 100 valence electrons. The number of rotatable bonds is 5. The first kappa shape index (κ1) is 13.4. The van der Waals surface area contributed by atoms with Crippen molar-refractivity contribution in [3.8, 4) is 5.75 Å². The monoisotopic (exact) mass is 248 g/mol. The highest BCUT2D eigenvalue weighted by Crippen LogP contribution is 2.20. The van der Waals surface area contributed by atoms with E-state index >= 15 is 0 Å². The number of benzene rings is 1. The van der Waals surface area contributed by atoms with Crippen molar-refractivity contribution in [3.63, 3.8) is 0 Å². The van der Waals surface area contributed by atoms with Gasteiger partial charge in [0.15, 0.2) is 0 Å². The van der Waals surface area contributed by atoms with Crippen molar-refractivity contribution in [1.29, 1.82) is 0 Å². The molecule has 3 heteroatoms. The summed E-state index contributed by atoms with van der Waals surface area (Å²) in [6.07, 6.45) is 3.61. The Morgan fingerprint density at radius 2 is 2.22 bits per heavy atom. The van der Waals surface area contributed by atoms with E-state index < -0.39 is 0 Å². The van der Waals surface area contributed by atoms with Crippen molar-refractivity contribution < 1.29 is 4.74 Å². The quantitative estimate of drug-likeness (QED) is 0.841. The Kier molecular flexibility index (Phi) is 4.61. The molecular weight excluding hydrogens is 224 g/mol. The van der Waals surface area contributed by atoms with Gasteiger partial charge in [0.2, 0.25) is 0 Å². The van der Waals surface area contributed by atoms with Gasteiger partial charge in [-0.05, 0) is 43.9 Å². The molecule has 0 amide bonds. The lowest BCUT2D eigenvalue weighted by Gasteiger charge is -2.17. The minimum absolute atomic E-state index is 0.328. The molecule has 0 aliphatic heterocycles. The SMILES string of the molecule is CCOc1ccc(CNC2CCCC2N)cc1C. The van der Waals surface area contributed by atoms with Gasteiger partial charge < -0.3 is 15.8 Å². The Hall–Kier alpha value is -1.06. The van der Waals surface area contributed by atoms with Gasteiger partial charge in [-0.1, -0.05) is 18.6 Å². The van der Waals surface area contributed by atoms with Crippen LogP contribution in [0.25, 0.3) is 0 Å². The predicted molar refractivity (Wildman–Crippen MR) is 74.8 cm³/mol. The first-order valence-corrected chi connectivity index (χ1v) is 6.92. The molecule has 2 rings (SSSR count). The summed E-state index contributed by atoms with van der Waals surface area (Å²) in [6.45, 7) is 5.72. The zero-order chi connectivity index (χ0) is 13.0. The van der Waals surface area contributed by atoms with E-state index in [-0.39, 0.29) is 0 Å². The summed E-state index contributed by atoms with van der Waals surface area (Å²) in [5, 5.41) is 3.56. The number of nitrogens with two attached hydrogens (primary N) is 1. The van der Waals surface area contributed by atoms with E-state index in [1.165, 1.54) is 24.0 Å². The Balaban J connectivity index is 1.91. The van der Waals surface area contributed by atoms with Gasteiger partial charge in [-0.2, -0.15) is 0 Å². The molecule has 0 saturated heterocycles. The summed E-state index contributed by atoms with van der Waals surface area (Å²) in [4.78, 5) is 0. The van der Waals surface area contributed by atoms with Gasteiger partial charge in [-0.15, -0.1) is 0 Å². The maximum Gasteiger partial charge on any atom is 0.122 e. The molecule has 18 heavy (non-hydrogen) atoms. The van der Waals surface area contributed by atoms with Crippen molar-refractivity contribution in [1.82, 2.24) is 5.32 Å². The molecule has 2 atom stereocenters. The van der Waals surface area contributed by atoms with Crippen LogP contribution in [0.4, 0.5) is 0 Å². The Labute approximate surface area is 110 Å². The third kappa shape index (κ3) is 3.24. The van der Waals surface area contributed by atoms with E-state index in [1.54, 1.807) is 0 Å². The first-order chi connectivity index (χ1) is 8.70. The van der Waals surface area contributed by atoms with Crippen LogP contribution in [0.2, 0.25) is 0 Å². The molecule has 1 aromatic carbocycles. The summed E-state index contributed by atoms with van der Waals surface area (Å²) in [7, 11) is 0. The molecular formula is C15H24N2O. The topological polar surface area (TPSA) is 47.3 Å². The van der Waals surface area contributed by atoms with E-state index in [4.69, 9.17) is 10.5 Å². The largest absolute Gasteiger partial charge is 0.494 e. The van der Waals surface area contributed by atoms with Gasteiger partial charge in [-0.3, -0.25) is 0 Å². The van der Waals surface area contributed by atoms with Crippen LogP contribution in [0.1, 0.15) is 37.3 Å². The minimum atomic E-state index is 0.328. The number of ether oxygens (including phenoxy) is 1. The van der Waals surface area contributed by atoms with Gasteiger partial charge in [0, 0.05) is 18.6 Å². The fraction of sp³-hybridized carbons (Fsp3) is 0.600. The highest BCUT2D eigenvalue weighted by molar-refractivity contribution is 5.36. The molecule has 0 radical (unpaired) electrons. The molecule has 3 nitrogen and oxygen atoms in total. The summed E-state index contributed by atoms with van der Waals surface area (Å²) in [5.74, 6) is 0.985. The molecule has 0 bridgehead atoms. The summed E-state index contributed by atoms with van der Waals surface area (Å²) < 4.78 is 5.55. The van der Waals surface area contributed by atoms with E-state index in [9.17, 15) is 0 Å². The van der Waals surface area contributed by atoms with E-state index in [0.717, 1.165) is 25.3 Å². The molecule has 0 spiro atoms. The minimum Gasteiger partial charge on any atom is -0.494 e. The Morgan fingerprint density at radius 3 is 2.83 bits per heavy atom. The maximum absolute atomic E-state index is 6.05. The lowest BCUT2D eigenvalue weighted by molar-refractivity contribution is 0.337. The molecule has 1 fully saturated rings. The standard InChI is InChI=1S/C15H24N2O/c1-3-18-15-8-7-12(9-11(15)2)10-17-14-6-4-5-13(14)16/h7-9,13-14,17H,3-6,10,16H2,1-2H3. The highest BCUT2D eigenvalue weighted by Gasteiger charge is 2.22. The third-order valence-corrected chi connectivity index (χ3v) is 3.68. The highest BCUT2D eigenvalue weighted by atomic mass is 16.5. The van der Waals surface area contributed by atoms with Crippen LogP contribution in [0.3, 0.4) is 0 Å². The summed E-state index contributed by atoms with van der Waals surface area (Å²) in [5.41, 5.74) is 8.56. The zero-order valence-corrected chi connectivity index (χ0v) is 11.4. The van der Waals surface area contributed by atoms with Crippen molar-refractivity contribution in [2.45, 2.75) is 51.7 Å². The predicted octanol–water partition coefficient (Wildman–Crippen LogP) is 2.36. The van der Waals surface area contributed by atoms with Crippen LogP contribution in [0, 0.1) is 6.92 Å².